The SMILES string of the molecule is Cc1ccc([O-])c2ncccc12. The first-order valence-corrected chi connectivity index (χ1v) is 3.80. The fourth-order valence-electron chi connectivity index (χ4n) is 1.29. The van der Waals surface area contributed by atoms with Gasteiger partial charge in [0.2, 0.25) is 0 Å². The van der Waals surface area contributed by atoms with Crippen molar-refractivity contribution >= 4 is 10.9 Å². The Kier molecular flexibility index (Phi) is 1.47. The van der Waals surface area contributed by atoms with Crippen molar-refractivity contribution in [2.75, 3.05) is 0 Å². The molecule has 2 nitrogen and oxygen atoms in total. The molecule has 0 aliphatic carbocycles. The smallest absolute Gasteiger partial charge is 0.0626 e. The minimum Gasteiger partial charge on any atom is -0.871 e. The lowest BCUT2D eigenvalue weighted by Gasteiger charge is -2.09. The number of pyridine rings is 1. The zero-order chi connectivity index (χ0) is 8.55. The minimum atomic E-state index is -0.00352. The van der Waals surface area contributed by atoms with Gasteiger partial charge in [0.1, 0.15) is 0 Å². The predicted octanol–water partition coefficient (Wildman–Crippen LogP) is 1.62. The van der Waals surface area contributed by atoms with Crippen LogP contribution in [0.5, 0.6) is 5.75 Å². The van der Waals surface area contributed by atoms with Crippen molar-refractivity contribution in [1.29, 1.82) is 0 Å². The van der Waals surface area contributed by atoms with E-state index in [1.165, 1.54) is 0 Å². The Bertz CT molecular complexity index is 383. The van der Waals surface area contributed by atoms with Gasteiger partial charge in [0, 0.05) is 11.6 Å². The average molecular weight is 158 g/mol. The van der Waals surface area contributed by atoms with E-state index in [0.29, 0.717) is 5.52 Å². The van der Waals surface area contributed by atoms with E-state index in [4.69, 9.17) is 0 Å². The summed E-state index contributed by atoms with van der Waals surface area (Å²) < 4.78 is 0. The maximum Gasteiger partial charge on any atom is 0.0626 e. The van der Waals surface area contributed by atoms with E-state index in [1.54, 1.807) is 12.3 Å². The van der Waals surface area contributed by atoms with Gasteiger partial charge in [0.15, 0.2) is 0 Å². The molecule has 0 fully saturated rings. The number of hydrogen-bond acceptors (Lipinski definition) is 2. The van der Waals surface area contributed by atoms with Gasteiger partial charge in [-0.05, 0) is 18.6 Å². The van der Waals surface area contributed by atoms with Crippen molar-refractivity contribution in [2.24, 2.45) is 0 Å². The normalized spacial score (nSPS) is 10.4. The first kappa shape index (κ1) is 7.10. The number of benzene rings is 1. The van der Waals surface area contributed by atoms with Crippen molar-refractivity contribution in [3.05, 3.63) is 36.0 Å². The lowest BCUT2D eigenvalue weighted by atomic mass is 10.1. The van der Waals surface area contributed by atoms with Crippen molar-refractivity contribution in [3.63, 3.8) is 0 Å². The number of fused-ring (bicyclic) bond motifs is 1. The lowest BCUT2D eigenvalue weighted by Crippen LogP contribution is -1.93. The van der Waals surface area contributed by atoms with Crippen molar-refractivity contribution in [1.82, 2.24) is 4.98 Å². The Morgan fingerprint density at radius 3 is 2.83 bits per heavy atom. The third kappa shape index (κ3) is 0.925. The van der Waals surface area contributed by atoms with E-state index in [-0.39, 0.29) is 5.75 Å². The highest BCUT2D eigenvalue weighted by atomic mass is 16.3. The molecule has 2 aromatic rings. The molecule has 1 aromatic carbocycles. The van der Waals surface area contributed by atoms with E-state index in [9.17, 15) is 5.11 Å². The van der Waals surface area contributed by atoms with Crippen LogP contribution < -0.4 is 5.11 Å². The van der Waals surface area contributed by atoms with E-state index < -0.39 is 0 Å². The molecule has 1 aromatic heterocycles. The summed E-state index contributed by atoms with van der Waals surface area (Å²) in [4.78, 5) is 4.03. The number of rotatable bonds is 0. The molecule has 0 unspecified atom stereocenters. The predicted molar refractivity (Wildman–Crippen MR) is 45.9 cm³/mol. The van der Waals surface area contributed by atoms with Crippen molar-refractivity contribution in [2.45, 2.75) is 6.92 Å². The topological polar surface area (TPSA) is 36.0 Å². The highest BCUT2D eigenvalue weighted by Crippen LogP contribution is 2.22. The summed E-state index contributed by atoms with van der Waals surface area (Å²) in [7, 11) is 0. The molecule has 0 radical (unpaired) electrons. The van der Waals surface area contributed by atoms with Crippen molar-refractivity contribution < 1.29 is 5.11 Å². The second-order valence-corrected chi connectivity index (χ2v) is 2.78. The van der Waals surface area contributed by atoms with Crippen LogP contribution in [0, 0.1) is 6.92 Å². The maximum absolute atomic E-state index is 11.3. The fraction of sp³-hybridized carbons (Fsp3) is 0.100. The Balaban J connectivity index is 2.95. The molecule has 0 saturated carbocycles. The van der Waals surface area contributed by atoms with Gasteiger partial charge in [-0.3, -0.25) is 4.98 Å². The molecule has 0 spiro atoms. The second-order valence-electron chi connectivity index (χ2n) is 2.78. The highest BCUT2D eigenvalue weighted by Gasteiger charge is 1.95. The molecule has 60 valence electrons. The minimum absolute atomic E-state index is 0.00352. The van der Waals surface area contributed by atoms with Gasteiger partial charge in [0.25, 0.3) is 0 Å². The highest BCUT2D eigenvalue weighted by molar-refractivity contribution is 5.86. The van der Waals surface area contributed by atoms with Crippen LogP contribution in [0.25, 0.3) is 10.9 Å². The quantitative estimate of drug-likeness (QED) is 0.584. The zero-order valence-corrected chi connectivity index (χ0v) is 6.74. The fourth-order valence-corrected chi connectivity index (χ4v) is 1.29. The Morgan fingerprint density at radius 1 is 1.25 bits per heavy atom. The largest absolute Gasteiger partial charge is 0.871 e. The summed E-state index contributed by atoms with van der Waals surface area (Å²) in [6.07, 6.45) is 1.64. The Morgan fingerprint density at radius 2 is 2.08 bits per heavy atom. The maximum atomic E-state index is 11.3. The molecule has 0 aliphatic heterocycles. The monoisotopic (exact) mass is 158 g/mol. The van der Waals surface area contributed by atoms with Crippen LogP contribution in [0.1, 0.15) is 5.56 Å². The summed E-state index contributed by atoms with van der Waals surface area (Å²) in [5.41, 5.74) is 1.66. The van der Waals surface area contributed by atoms with E-state index in [2.05, 4.69) is 4.98 Å². The molecule has 2 rings (SSSR count). The molecule has 0 N–H and O–H groups in total. The molecular formula is C10H8NO-. The van der Waals surface area contributed by atoms with Gasteiger partial charge in [-0.15, -0.1) is 0 Å². The van der Waals surface area contributed by atoms with Gasteiger partial charge in [0.05, 0.1) is 5.52 Å². The van der Waals surface area contributed by atoms with E-state index in [1.807, 2.05) is 25.1 Å². The lowest BCUT2D eigenvalue weighted by molar-refractivity contribution is -0.266. The van der Waals surface area contributed by atoms with Crippen LogP contribution in [-0.2, 0) is 0 Å². The first-order chi connectivity index (χ1) is 5.79. The van der Waals surface area contributed by atoms with Crippen LogP contribution in [-0.4, -0.2) is 4.98 Å². The standard InChI is InChI=1S/C10H9NO/c1-7-4-5-9(12)10-8(7)3-2-6-11-10/h2-6,12H,1H3/p-1. The van der Waals surface area contributed by atoms with Gasteiger partial charge in [-0.2, -0.15) is 0 Å². The van der Waals surface area contributed by atoms with Crippen LogP contribution in [0.3, 0.4) is 0 Å². The molecule has 0 saturated heterocycles. The summed E-state index contributed by atoms with van der Waals surface area (Å²) in [5.74, 6) is -0.00352. The third-order valence-electron chi connectivity index (χ3n) is 1.95. The van der Waals surface area contributed by atoms with Gasteiger partial charge in [-0.1, -0.05) is 23.9 Å². The molecular weight excluding hydrogens is 150 g/mol. The Hall–Kier alpha value is -1.57. The number of aromatic nitrogens is 1. The average Bonchev–Trinajstić information content (AvgIpc) is 2.12. The molecule has 0 atom stereocenters. The van der Waals surface area contributed by atoms with Crippen LogP contribution in [0.4, 0.5) is 0 Å². The summed E-state index contributed by atoms with van der Waals surface area (Å²) in [6.45, 7) is 1.98. The number of aryl methyl sites for hydroxylation is 1. The first-order valence-electron chi connectivity index (χ1n) is 3.80. The molecule has 0 aliphatic rings. The molecule has 0 bridgehead atoms. The summed E-state index contributed by atoms with van der Waals surface area (Å²) >= 11 is 0. The Labute approximate surface area is 70.5 Å². The number of nitrogens with zero attached hydrogens (tertiary/aromatic N) is 1. The van der Waals surface area contributed by atoms with Gasteiger partial charge < -0.3 is 5.11 Å². The van der Waals surface area contributed by atoms with E-state index >= 15 is 0 Å². The molecule has 2 heteroatoms. The summed E-state index contributed by atoms with van der Waals surface area (Å²) in [5, 5.41) is 12.2. The molecule has 1 heterocycles. The van der Waals surface area contributed by atoms with Crippen LogP contribution in [0.15, 0.2) is 30.5 Å². The van der Waals surface area contributed by atoms with Gasteiger partial charge in [-0.25, -0.2) is 0 Å². The van der Waals surface area contributed by atoms with Crippen LogP contribution in [0.2, 0.25) is 0 Å². The van der Waals surface area contributed by atoms with E-state index in [0.717, 1.165) is 10.9 Å². The summed E-state index contributed by atoms with van der Waals surface area (Å²) in [6, 6.07) is 7.14. The molecule has 12 heavy (non-hydrogen) atoms. The zero-order valence-electron chi connectivity index (χ0n) is 6.74. The third-order valence-corrected chi connectivity index (χ3v) is 1.95. The van der Waals surface area contributed by atoms with Crippen molar-refractivity contribution in [3.8, 4) is 5.75 Å². The van der Waals surface area contributed by atoms with Gasteiger partial charge >= 0.3 is 0 Å². The number of hydrogen-bond donors (Lipinski definition) is 0. The van der Waals surface area contributed by atoms with Crippen LogP contribution >= 0.6 is 0 Å². The molecule has 0 amide bonds. The second kappa shape index (κ2) is 2.48.